The number of hydrogen-bond donors (Lipinski definition) is 1. The number of methoxy groups -OCH3 is 1. The van der Waals surface area contributed by atoms with Crippen LogP contribution < -0.4 is 14.2 Å². The highest BCUT2D eigenvalue weighted by molar-refractivity contribution is 7.87. The number of benzene rings is 2. The van der Waals surface area contributed by atoms with E-state index < -0.39 is 10.1 Å². The molecule has 0 aliphatic rings. The van der Waals surface area contributed by atoms with Gasteiger partial charge in [0.25, 0.3) is 5.91 Å². The monoisotopic (exact) mass is 377 g/mol. The minimum Gasteiger partial charge on any atom is -0.496 e. The Balaban J connectivity index is 2.02. The van der Waals surface area contributed by atoms with Crippen molar-refractivity contribution >= 4 is 21.7 Å². The van der Waals surface area contributed by atoms with E-state index >= 15 is 0 Å². The van der Waals surface area contributed by atoms with E-state index in [1.807, 2.05) is 13.8 Å². The summed E-state index contributed by atoms with van der Waals surface area (Å²) in [7, 11) is -2.12. The van der Waals surface area contributed by atoms with Crippen LogP contribution in [0, 0.1) is 5.92 Å². The van der Waals surface area contributed by atoms with Gasteiger partial charge < -0.3 is 14.2 Å². The molecule has 0 fully saturated rings. The van der Waals surface area contributed by atoms with Gasteiger partial charge in [-0.25, -0.2) is 0 Å². The third kappa shape index (κ3) is 5.77. The molecule has 0 radical (unpaired) electrons. The van der Waals surface area contributed by atoms with Crippen LogP contribution in [0.5, 0.6) is 11.5 Å². The maximum atomic E-state index is 12.3. The molecule has 26 heavy (non-hydrogen) atoms. The molecule has 140 valence electrons. The summed E-state index contributed by atoms with van der Waals surface area (Å²) < 4.78 is 34.1. The summed E-state index contributed by atoms with van der Waals surface area (Å²) in [6.07, 6.45) is 0.537. The number of nitrogens with one attached hydrogen (secondary N) is 1. The molecule has 0 unspecified atom stereocenters. The van der Waals surface area contributed by atoms with Crippen molar-refractivity contribution in [1.82, 2.24) is 0 Å². The lowest BCUT2D eigenvalue weighted by Gasteiger charge is -2.11. The lowest BCUT2D eigenvalue weighted by molar-refractivity contribution is 0.102. The summed E-state index contributed by atoms with van der Waals surface area (Å²) in [5, 5.41) is 2.74. The number of carbonyl (C=O) groups excluding carboxylic acids is 1. The molecular formula is C19H23NO5S. The van der Waals surface area contributed by atoms with Gasteiger partial charge in [-0.3, -0.25) is 4.79 Å². The molecule has 0 saturated carbocycles. The van der Waals surface area contributed by atoms with E-state index in [1.165, 1.54) is 19.2 Å². The van der Waals surface area contributed by atoms with Gasteiger partial charge in [0.15, 0.2) is 0 Å². The Morgan fingerprint density at radius 3 is 2.35 bits per heavy atom. The number of para-hydroxylation sites is 1. The van der Waals surface area contributed by atoms with Crippen molar-refractivity contribution in [2.75, 3.05) is 18.2 Å². The van der Waals surface area contributed by atoms with Crippen molar-refractivity contribution < 1.29 is 22.1 Å². The molecule has 0 aliphatic carbocycles. The zero-order valence-corrected chi connectivity index (χ0v) is 15.9. The zero-order valence-electron chi connectivity index (χ0n) is 15.1. The standard InChI is InChI=1S/C19H23NO5S/c1-14(2)12-13-26(22,23)25-16-10-8-15(9-11-16)20-19(21)17-6-4-5-7-18(17)24-3/h4-11,14H,12-13H2,1-3H3,(H,20,21). The summed E-state index contributed by atoms with van der Waals surface area (Å²) in [6.45, 7) is 3.91. The normalized spacial score (nSPS) is 11.2. The minimum atomic E-state index is -3.62. The fourth-order valence-electron chi connectivity index (χ4n) is 2.19. The Morgan fingerprint density at radius 1 is 1.08 bits per heavy atom. The third-order valence-electron chi connectivity index (χ3n) is 3.63. The molecule has 7 heteroatoms. The molecule has 0 bridgehead atoms. The van der Waals surface area contributed by atoms with Gasteiger partial charge in [-0.1, -0.05) is 26.0 Å². The van der Waals surface area contributed by atoms with Crippen molar-refractivity contribution in [3.63, 3.8) is 0 Å². The lowest BCUT2D eigenvalue weighted by Crippen LogP contribution is -2.15. The van der Waals surface area contributed by atoms with Gasteiger partial charge in [0.1, 0.15) is 11.5 Å². The fourth-order valence-corrected chi connectivity index (χ4v) is 3.44. The topological polar surface area (TPSA) is 81.7 Å². The summed E-state index contributed by atoms with van der Waals surface area (Å²) in [5.41, 5.74) is 0.930. The number of amides is 1. The highest BCUT2D eigenvalue weighted by Gasteiger charge is 2.15. The molecule has 0 heterocycles. The van der Waals surface area contributed by atoms with Crippen molar-refractivity contribution in [1.29, 1.82) is 0 Å². The van der Waals surface area contributed by atoms with Crippen LogP contribution >= 0.6 is 0 Å². The molecule has 0 spiro atoms. The Bertz CT molecular complexity index is 844. The SMILES string of the molecule is COc1ccccc1C(=O)Nc1ccc(OS(=O)(=O)CCC(C)C)cc1. The first-order valence-corrected chi connectivity index (χ1v) is 9.85. The van der Waals surface area contributed by atoms with Crippen LogP contribution in [-0.2, 0) is 10.1 Å². The number of ether oxygens (including phenoxy) is 1. The Labute approximate surface area is 154 Å². The first-order chi connectivity index (χ1) is 12.3. The van der Waals surface area contributed by atoms with Gasteiger partial charge in [-0.05, 0) is 48.7 Å². The Kier molecular flexibility index (Phi) is 6.63. The van der Waals surface area contributed by atoms with Crippen LogP contribution in [0.4, 0.5) is 5.69 Å². The molecule has 2 rings (SSSR count). The van der Waals surface area contributed by atoms with Gasteiger partial charge in [0, 0.05) is 5.69 Å². The molecule has 1 amide bonds. The van der Waals surface area contributed by atoms with Gasteiger partial charge >= 0.3 is 10.1 Å². The number of rotatable bonds is 8. The molecule has 6 nitrogen and oxygen atoms in total. The van der Waals surface area contributed by atoms with Crippen LogP contribution in [0.2, 0.25) is 0 Å². The quantitative estimate of drug-likeness (QED) is 0.709. The highest BCUT2D eigenvalue weighted by Crippen LogP contribution is 2.21. The van der Waals surface area contributed by atoms with Gasteiger partial charge in [-0.15, -0.1) is 0 Å². The molecule has 1 N–H and O–H groups in total. The second kappa shape index (κ2) is 8.71. The largest absolute Gasteiger partial charge is 0.496 e. The first-order valence-electron chi connectivity index (χ1n) is 8.27. The summed E-state index contributed by atoms with van der Waals surface area (Å²) in [4.78, 5) is 12.3. The Hall–Kier alpha value is -2.54. The van der Waals surface area contributed by atoms with Gasteiger partial charge in [0.05, 0.1) is 18.4 Å². The number of carbonyl (C=O) groups is 1. The van der Waals surface area contributed by atoms with Crippen LogP contribution in [0.15, 0.2) is 48.5 Å². The summed E-state index contributed by atoms with van der Waals surface area (Å²) in [5.74, 6) is 0.614. The number of anilines is 1. The third-order valence-corrected chi connectivity index (χ3v) is 4.81. The minimum absolute atomic E-state index is 0.0308. The summed E-state index contributed by atoms with van der Waals surface area (Å²) >= 11 is 0. The van der Waals surface area contributed by atoms with Gasteiger partial charge in [0.2, 0.25) is 0 Å². The predicted molar refractivity (Wildman–Crippen MR) is 101 cm³/mol. The Morgan fingerprint density at radius 2 is 1.73 bits per heavy atom. The first kappa shape index (κ1) is 19.8. The predicted octanol–water partition coefficient (Wildman–Crippen LogP) is 3.70. The second-order valence-electron chi connectivity index (χ2n) is 6.21. The maximum Gasteiger partial charge on any atom is 0.309 e. The van der Waals surface area contributed by atoms with Crippen LogP contribution in [0.25, 0.3) is 0 Å². The van der Waals surface area contributed by atoms with E-state index in [2.05, 4.69) is 5.32 Å². The van der Waals surface area contributed by atoms with E-state index in [1.54, 1.807) is 36.4 Å². The van der Waals surface area contributed by atoms with Crippen molar-refractivity contribution in [3.8, 4) is 11.5 Å². The molecule has 0 saturated heterocycles. The average molecular weight is 377 g/mol. The van der Waals surface area contributed by atoms with E-state index in [-0.39, 0.29) is 23.3 Å². The number of hydrogen-bond acceptors (Lipinski definition) is 5. The van der Waals surface area contributed by atoms with Crippen molar-refractivity contribution in [2.45, 2.75) is 20.3 Å². The summed E-state index contributed by atoms with van der Waals surface area (Å²) in [6, 6.07) is 13.1. The van der Waals surface area contributed by atoms with E-state index in [0.717, 1.165) is 0 Å². The molecular weight excluding hydrogens is 354 g/mol. The van der Waals surface area contributed by atoms with E-state index in [9.17, 15) is 13.2 Å². The zero-order chi connectivity index (χ0) is 19.2. The molecule has 2 aromatic carbocycles. The van der Waals surface area contributed by atoms with E-state index in [4.69, 9.17) is 8.92 Å². The molecule has 2 aromatic rings. The average Bonchev–Trinajstić information content (AvgIpc) is 2.61. The molecule has 0 atom stereocenters. The smallest absolute Gasteiger partial charge is 0.309 e. The van der Waals surface area contributed by atoms with Crippen LogP contribution in [-0.4, -0.2) is 27.2 Å². The van der Waals surface area contributed by atoms with Crippen molar-refractivity contribution in [2.24, 2.45) is 5.92 Å². The van der Waals surface area contributed by atoms with Gasteiger partial charge in [-0.2, -0.15) is 8.42 Å². The maximum absolute atomic E-state index is 12.3. The van der Waals surface area contributed by atoms with Crippen molar-refractivity contribution in [3.05, 3.63) is 54.1 Å². The second-order valence-corrected chi connectivity index (χ2v) is 7.90. The van der Waals surface area contributed by atoms with E-state index in [0.29, 0.717) is 23.4 Å². The van der Waals surface area contributed by atoms with Crippen LogP contribution in [0.1, 0.15) is 30.6 Å². The molecule has 0 aromatic heterocycles. The van der Waals surface area contributed by atoms with Crippen LogP contribution in [0.3, 0.4) is 0 Å². The lowest BCUT2D eigenvalue weighted by atomic mass is 10.2. The highest BCUT2D eigenvalue weighted by atomic mass is 32.2. The molecule has 0 aliphatic heterocycles. The fraction of sp³-hybridized carbons (Fsp3) is 0.316.